The lowest BCUT2D eigenvalue weighted by atomic mass is 10.2. The van der Waals surface area contributed by atoms with Crippen LogP contribution in [0.3, 0.4) is 0 Å². The van der Waals surface area contributed by atoms with Crippen molar-refractivity contribution in [3.63, 3.8) is 0 Å². The Labute approximate surface area is 139 Å². The third-order valence-corrected chi connectivity index (χ3v) is 3.60. The van der Waals surface area contributed by atoms with E-state index in [0.717, 1.165) is 5.56 Å². The van der Waals surface area contributed by atoms with Crippen molar-refractivity contribution in [2.75, 3.05) is 14.1 Å². The minimum absolute atomic E-state index is 0.0503. The number of hydrogen-bond acceptors (Lipinski definition) is 5. The van der Waals surface area contributed by atoms with Crippen LogP contribution in [-0.4, -0.2) is 25.2 Å². The summed E-state index contributed by atoms with van der Waals surface area (Å²) in [6.07, 6.45) is 1.80. The molecule has 1 aromatic carbocycles. The molecule has 0 spiro atoms. The first kappa shape index (κ1) is 17.8. The van der Waals surface area contributed by atoms with Gasteiger partial charge in [0.2, 0.25) is 0 Å². The molecule has 114 valence electrons. The van der Waals surface area contributed by atoms with Gasteiger partial charge in [0.05, 0.1) is 10.0 Å². The monoisotopic (exact) mass is 336 g/mol. The van der Waals surface area contributed by atoms with E-state index in [1.807, 2.05) is 12.1 Å². The summed E-state index contributed by atoms with van der Waals surface area (Å²) < 4.78 is 0. The average Bonchev–Trinajstić information content (AvgIpc) is 2.49. The zero-order chi connectivity index (χ0) is 16.5. The Morgan fingerprint density at radius 3 is 2.59 bits per heavy atom. The van der Waals surface area contributed by atoms with E-state index in [-0.39, 0.29) is 12.2 Å². The van der Waals surface area contributed by atoms with Crippen LogP contribution < -0.4 is 0 Å². The van der Waals surface area contributed by atoms with E-state index < -0.39 is 0 Å². The van der Waals surface area contributed by atoms with Crippen LogP contribution in [0.4, 0.5) is 0 Å². The van der Waals surface area contributed by atoms with Crippen molar-refractivity contribution in [2.45, 2.75) is 13.0 Å². The van der Waals surface area contributed by atoms with Gasteiger partial charge >= 0.3 is 0 Å². The number of halogens is 2. The van der Waals surface area contributed by atoms with Gasteiger partial charge in [0.1, 0.15) is 24.3 Å². The van der Waals surface area contributed by atoms with Gasteiger partial charge in [-0.3, -0.25) is 0 Å². The maximum absolute atomic E-state index is 8.89. The molecule has 0 aliphatic rings. The third kappa shape index (κ3) is 4.96. The first-order valence-electron chi connectivity index (χ1n) is 6.28. The van der Waals surface area contributed by atoms with E-state index in [2.05, 4.69) is 5.16 Å². The molecular weight excluding hydrogens is 323 g/mol. The van der Waals surface area contributed by atoms with Crippen LogP contribution in [-0.2, 0) is 11.4 Å². The van der Waals surface area contributed by atoms with Gasteiger partial charge in [0, 0.05) is 38.0 Å². The second kappa shape index (κ2) is 8.94. The minimum atomic E-state index is 0.0503. The maximum atomic E-state index is 8.89. The van der Waals surface area contributed by atoms with Gasteiger partial charge in [0.25, 0.3) is 0 Å². The molecule has 0 heterocycles. The van der Waals surface area contributed by atoms with E-state index in [0.29, 0.717) is 22.2 Å². The Morgan fingerprint density at radius 2 is 2.00 bits per heavy atom. The number of allylic oxidation sites excluding steroid dienone is 2. The SMILES string of the molecule is CN(C)C(CC=NOCc1cccc(Cl)c1Cl)=C(C#N)C#N. The van der Waals surface area contributed by atoms with Crippen molar-refractivity contribution < 1.29 is 4.84 Å². The molecule has 0 N–H and O–H groups in total. The molecule has 0 aliphatic heterocycles. The highest BCUT2D eigenvalue weighted by Gasteiger charge is 2.07. The Kier molecular flexibility index (Phi) is 7.25. The molecule has 7 heteroatoms. The second-order valence-corrected chi connectivity index (χ2v) is 5.20. The quantitative estimate of drug-likeness (QED) is 0.450. The number of nitriles is 2. The Balaban J connectivity index is 2.64. The molecule has 1 aromatic rings. The molecule has 0 bridgehead atoms. The number of hydrogen-bond donors (Lipinski definition) is 0. The van der Waals surface area contributed by atoms with Gasteiger partial charge in [-0.25, -0.2) is 0 Å². The smallest absolute Gasteiger partial charge is 0.149 e. The van der Waals surface area contributed by atoms with Crippen LogP contribution in [0.15, 0.2) is 34.6 Å². The molecule has 22 heavy (non-hydrogen) atoms. The van der Waals surface area contributed by atoms with E-state index in [9.17, 15) is 0 Å². The Bertz CT molecular complexity index is 653. The number of oxime groups is 1. The predicted molar refractivity (Wildman–Crippen MR) is 86.3 cm³/mol. The summed E-state index contributed by atoms with van der Waals surface area (Å²) in [4.78, 5) is 6.85. The molecular formula is C15H14Cl2N4O. The van der Waals surface area contributed by atoms with Gasteiger partial charge in [-0.1, -0.05) is 40.5 Å². The maximum Gasteiger partial charge on any atom is 0.149 e. The minimum Gasteiger partial charge on any atom is -0.391 e. The molecule has 0 unspecified atom stereocenters. The lowest BCUT2D eigenvalue weighted by molar-refractivity contribution is 0.131. The molecule has 0 amide bonds. The van der Waals surface area contributed by atoms with Crippen molar-refractivity contribution in [1.29, 1.82) is 10.5 Å². The highest BCUT2D eigenvalue weighted by atomic mass is 35.5. The summed E-state index contributed by atoms with van der Waals surface area (Å²) in [5.74, 6) is 0. The van der Waals surface area contributed by atoms with Gasteiger partial charge in [0.15, 0.2) is 0 Å². The van der Waals surface area contributed by atoms with Gasteiger partial charge in [-0.15, -0.1) is 0 Å². The average molecular weight is 337 g/mol. The van der Waals surface area contributed by atoms with Gasteiger partial charge < -0.3 is 9.74 Å². The molecule has 0 atom stereocenters. The summed E-state index contributed by atoms with van der Waals surface area (Å²) >= 11 is 11.9. The summed E-state index contributed by atoms with van der Waals surface area (Å²) in [5.41, 5.74) is 1.34. The Hall–Kier alpha value is -2.21. The topological polar surface area (TPSA) is 72.4 Å². The highest BCUT2D eigenvalue weighted by Crippen LogP contribution is 2.25. The van der Waals surface area contributed by atoms with E-state index in [1.54, 1.807) is 37.2 Å². The fraction of sp³-hybridized carbons (Fsp3) is 0.267. The van der Waals surface area contributed by atoms with Crippen LogP contribution in [0.25, 0.3) is 0 Å². The van der Waals surface area contributed by atoms with Crippen molar-refractivity contribution in [1.82, 2.24) is 4.90 Å². The van der Waals surface area contributed by atoms with E-state index >= 15 is 0 Å². The lowest BCUT2D eigenvalue weighted by Gasteiger charge is -2.14. The van der Waals surface area contributed by atoms with Crippen LogP contribution in [0.1, 0.15) is 12.0 Å². The first-order chi connectivity index (χ1) is 10.5. The fourth-order valence-corrected chi connectivity index (χ4v) is 1.98. The lowest BCUT2D eigenvalue weighted by Crippen LogP contribution is -2.13. The standard InChI is InChI=1S/C15H14Cl2N4O/c1-21(2)14(12(8-18)9-19)6-7-20-22-10-11-4-3-5-13(16)15(11)17/h3-5,7H,6,10H2,1-2H3. The molecule has 0 aromatic heterocycles. The largest absolute Gasteiger partial charge is 0.391 e. The van der Waals surface area contributed by atoms with Crippen molar-refractivity contribution in [3.8, 4) is 12.1 Å². The summed E-state index contributed by atoms with van der Waals surface area (Å²) in [6, 6.07) is 8.97. The van der Waals surface area contributed by atoms with Crippen LogP contribution in [0.5, 0.6) is 0 Å². The third-order valence-electron chi connectivity index (χ3n) is 2.74. The Morgan fingerprint density at radius 1 is 1.32 bits per heavy atom. The summed E-state index contributed by atoms with van der Waals surface area (Å²) in [5, 5.41) is 22.5. The molecule has 0 aliphatic carbocycles. The van der Waals surface area contributed by atoms with Crippen LogP contribution in [0.2, 0.25) is 10.0 Å². The van der Waals surface area contributed by atoms with Gasteiger partial charge in [-0.2, -0.15) is 10.5 Å². The molecule has 0 saturated carbocycles. The fourth-order valence-electron chi connectivity index (χ4n) is 1.61. The summed E-state index contributed by atoms with van der Waals surface area (Å²) in [6.45, 7) is 0.181. The van der Waals surface area contributed by atoms with Crippen molar-refractivity contribution >= 4 is 29.4 Å². The van der Waals surface area contributed by atoms with Crippen LogP contribution >= 0.6 is 23.2 Å². The molecule has 0 fully saturated rings. The van der Waals surface area contributed by atoms with E-state index in [1.165, 1.54) is 6.21 Å². The van der Waals surface area contributed by atoms with Gasteiger partial charge in [-0.05, 0) is 6.07 Å². The first-order valence-corrected chi connectivity index (χ1v) is 7.04. The highest BCUT2D eigenvalue weighted by molar-refractivity contribution is 6.42. The van der Waals surface area contributed by atoms with Crippen LogP contribution in [0, 0.1) is 22.7 Å². The summed E-state index contributed by atoms with van der Waals surface area (Å²) in [7, 11) is 3.51. The number of nitrogens with zero attached hydrogens (tertiary/aromatic N) is 4. The molecule has 1 rings (SSSR count). The number of benzene rings is 1. The number of rotatable bonds is 6. The van der Waals surface area contributed by atoms with Crippen molar-refractivity contribution in [2.24, 2.45) is 5.16 Å². The molecule has 0 saturated heterocycles. The molecule has 5 nitrogen and oxygen atoms in total. The zero-order valence-corrected chi connectivity index (χ0v) is 13.7. The van der Waals surface area contributed by atoms with E-state index in [4.69, 9.17) is 38.6 Å². The molecule has 0 radical (unpaired) electrons. The normalized spacial score (nSPS) is 9.91. The second-order valence-electron chi connectivity index (χ2n) is 4.42. The van der Waals surface area contributed by atoms with Crippen molar-refractivity contribution in [3.05, 3.63) is 45.1 Å². The predicted octanol–water partition coefficient (Wildman–Crippen LogP) is 3.75. The zero-order valence-electron chi connectivity index (χ0n) is 12.2.